The van der Waals surface area contributed by atoms with Gasteiger partial charge in [-0.2, -0.15) is 0 Å². The number of hydrogen-bond acceptors (Lipinski definition) is 2. The molecule has 1 saturated carbocycles. The lowest BCUT2D eigenvalue weighted by Gasteiger charge is -2.23. The quantitative estimate of drug-likeness (QED) is 0.721. The van der Waals surface area contributed by atoms with Gasteiger partial charge in [-0.3, -0.25) is 4.79 Å². The van der Waals surface area contributed by atoms with Crippen molar-refractivity contribution in [2.75, 3.05) is 6.61 Å². The number of carbonyl (C=O) groups is 1. The van der Waals surface area contributed by atoms with E-state index in [4.69, 9.17) is 16.3 Å². The molecule has 1 fully saturated rings. The first-order valence-corrected chi connectivity index (χ1v) is 7.90. The molecule has 1 aliphatic rings. The zero-order valence-corrected chi connectivity index (χ0v) is 13.3. The Kier molecular flexibility index (Phi) is 5.09. The summed E-state index contributed by atoms with van der Waals surface area (Å²) < 4.78 is 5.74. The van der Waals surface area contributed by atoms with Gasteiger partial charge >= 0.3 is 0 Å². The van der Waals surface area contributed by atoms with E-state index in [0.717, 1.165) is 42.6 Å². The summed E-state index contributed by atoms with van der Waals surface area (Å²) in [6.07, 6.45) is 5.54. The van der Waals surface area contributed by atoms with Gasteiger partial charge in [-0.05, 0) is 50.8 Å². The van der Waals surface area contributed by atoms with Crippen molar-refractivity contribution in [3.63, 3.8) is 0 Å². The molecule has 1 aromatic rings. The van der Waals surface area contributed by atoms with Gasteiger partial charge in [0.05, 0.1) is 12.2 Å². The summed E-state index contributed by atoms with van der Waals surface area (Å²) in [5, 5.41) is 0.658. The fourth-order valence-electron chi connectivity index (χ4n) is 3.05. The Morgan fingerprint density at radius 1 is 1.30 bits per heavy atom. The number of aryl methyl sites for hydroxylation is 1. The van der Waals surface area contributed by atoms with Gasteiger partial charge in [0.25, 0.3) is 0 Å². The smallest absolute Gasteiger partial charge is 0.169 e. The monoisotopic (exact) mass is 294 g/mol. The highest BCUT2D eigenvalue weighted by atomic mass is 35.5. The summed E-state index contributed by atoms with van der Waals surface area (Å²) in [4.78, 5) is 12.9. The third-order valence-electron chi connectivity index (χ3n) is 4.17. The summed E-state index contributed by atoms with van der Waals surface area (Å²) in [5.74, 6) is 1.08. The molecule has 0 bridgehead atoms. The standard InChI is InChI=1S/C17H23ClO2/c1-4-20-17-11(2)10-14(18)12(3)15(17)16(19)13-8-6-5-7-9-13/h10,13H,4-9H2,1-3H3. The number of ether oxygens (including phenoxy) is 1. The van der Waals surface area contributed by atoms with Crippen LogP contribution in [0.25, 0.3) is 0 Å². The molecular formula is C17H23ClO2. The van der Waals surface area contributed by atoms with Crippen LogP contribution in [0.1, 0.15) is 60.5 Å². The molecule has 2 rings (SSSR count). The first-order chi connectivity index (χ1) is 9.56. The van der Waals surface area contributed by atoms with Crippen LogP contribution >= 0.6 is 11.6 Å². The molecule has 0 atom stereocenters. The Hall–Kier alpha value is -1.02. The van der Waals surface area contributed by atoms with Crippen LogP contribution in [0.4, 0.5) is 0 Å². The molecule has 0 aromatic heterocycles. The molecule has 20 heavy (non-hydrogen) atoms. The Labute approximate surface area is 126 Å². The van der Waals surface area contributed by atoms with Crippen molar-refractivity contribution in [3.8, 4) is 5.75 Å². The molecule has 2 nitrogen and oxygen atoms in total. The molecule has 0 unspecified atom stereocenters. The second-order valence-electron chi connectivity index (χ2n) is 5.64. The van der Waals surface area contributed by atoms with Crippen LogP contribution in [0, 0.1) is 19.8 Å². The molecule has 0 saturated heterocycles. The van der Waals surface area contributed by atoms with E-state index in [9.17, 15) is 4.79 Å². The second-order valence-corrected chi connectivity index (χ2v) is 6.04. The maximum Gasteiger partial charge on any atom is 0.169 e. The summed E-state index contributed by atoms with van der Waals surface area (Å²) in [6, 6.07) is 1.89. The van der Waals surface area contributed by atoms with E-state index in [1.807, 2.05) is 26.8 Å². The van der Waals surface area contributed by atoms with Gasteiger partial charge in [0.1, 0.15) is 5.75 Å². The number of benzene rings is 1. The highest BCUT2D eigenvalue weighted by molar-refractivity contribution is 6.32. The van der Waals surface area contributed by atoms with E-state index in [-0.39, 0.29) is 11.7 Å². The van der Waals surface area contributed by atoms with Gasteiger partial charge in [0.15, 0.2) is 5.78 Å². The predicted octanol–water partition coefficient (Wildman–Crippen LogP) is 5.12. The zero-order valence-electron chi connectivity index (χ0n) is 12.6. The largest absolute Gasteiger partial charge is 0.493 e. The molecule has 0 aliphatic heterocycles. The van der Waals surface area contributed by atoms with Crippen molar-refractivity contribution in [1.29, 1.82) is 0 Å². The minimum Gasteiger partial charge on any atom is -0.493 e. The zero-order chi connectivity index (χ0) is 14.7. The SMILES string of the molecule is CCOc1c(C)cc(Cl)c(C)c1C(=O)C1CCCCC1. The van der Waals surface area contributed by atoms with E-state index >= 15 is 0 Å². The topological polar surface area (TPSA) is 26.3 Å². The number of ketones is 1. The highest BCUT2D eigenvalue weighted by Crippen LogP contribution is 2.36. The molecule has 0 heterocycles. The molecule has 3 heteroatoms. The lowest BCUT2D eigenvalue weighted by Crippen LogP contribution is -2.20. The third kappa shape index (κ3) is 3.01. The Bertz CT molecular complexity index is 502. The minimum atomic E-state index is 0.138. The summed E-state index contributed by atoms with van der Waals surface area (Å²) in [7, 11) is 0. The minimum absolute atomic E-state index is 0.138. The molecule has 1 aromatic carbocycles. The van der Waals surface area contributed by atoms with Gasteiger partial charge in [-0.25, -0.2) is 0 Å². The Balaban J connectivity index is 2.44. The van der Waals surface area contributed by atoms with Crippen LogP contribution in [-0.4, -0.2) is 12.4 Å². The van der Waals surface area contributed by atoms with E-state index in [1.165, 1.54) is 6.42 Å². The lowest BCUT2D eigenvalue weighted by atomic mass is 9.82. The lowest BCUT2D eigenvalue weighted by molar-refractivity contribution is 0.0884. The van der Waals surface area contributed by atoms with Crippen molar-refractivity contribution < 1.29 is 9.53 Å². The number of carbonyl (C=O) groups excluding carboxylic acids is 1. The molecule has 0 amide bonds. The van der Waals surface area contributed by atoms with Crippen molar-refractivity contribution in [3.05, 3.63) is 27.8 Å². The van der Waals surface area contributed by atoms with Gasteiger partial charge in [0.2, 0.25) is 0 Å². The maximum atomic E-state index is 12.9. The number of halogens is 1. The summed E-state index contributed by atoms with van der Waals surface area (Å²) in [6.45, 7) is 6.37. The van der Waals surface area contributed by atoms with Crippen molar-refractivity contribution >= 4 is 17.4 Å². The van der Waals surface area contributed by atoms with Gasteiger partial charge in [0, 0.05) is 10.9 Å². The molecule has 0 radical (unpaired) electrons. The Morgan fingerprint density at radius 2 is 1.95 bits per heavy atom. The molecule has 1 aliphatic carbocycles. The molecule has 0 N–H and O–H groups in total. The van der Waals surface area contributed by atoms with Crippen LogP contribution in [-0.2, 0) is 0 Å². The number of rotatable bonds is 4. The summed E-state index contributed by atoms with van der Waals surface area (Å²) >= 11 is 6.27. The van der Waals surface area contributed by atoms with Gasteiger partial charge in [-0.15, -0.1) is 0 Å². The predicted molar refractivity (Wildman–Crippen MR) is 83.0 cm³/mol. The van der Waals surface area contributed by atoms with E-state index in [0.29, 0.717) is 17.2 Å². The first kappa shape index (κ1) is 15.4. The highest BCUT2D eigenvalue weighted by Gasteiger charge is 2.28. The van der Waals surface area contributed by atoms with Crippen LogP contribution in [0.15, 0.2) is 6.07 Å². The number of Topliss-reactive ketones (excluding diaryl/α,β-unsaturated/α-hetero) is 1. The normalized spacial score (nSPS) is 16.2. The van der Waals surface area contributed by atoms with Crippen LogP contribution in [0.2, 0.25) is 5.02 Å². The Morgan fingerprint density at radius 3 is 2.55 bits per heavy atom. The van der Waals surface area contributed by atoms with Crippen molar-refractivity contribution in [2.24, 2.45) is 5.92 Å². The average molecular weight is 295 g/mol. The molecule has 0 spiro atoms. The van der Waals surface area contributed by atoms with Crippen LogP contribution in [0.3, 0.4) is 0 Å². The van der Waals surface area contributed by atoms with Crippen LogP contribution < -0.4 is 4.74 Å². The second kappa shape index (κ2) is 6.62. The first-order valence-electron chi connectivity index (χ1n) is 7.53. The van der Waals surface area contributed by atoms with E-state index < -0.39 is 0 Å². The summed E-state index contributed by atoms with van der Waals surface area (Å²) in [5.41, 5.74) is 2.52. The van der Waals surface area contributed by atoms with Gasteiger partial charge < -0.3 is 4.74 Å². The van der Waals surface area contributed by atoms with Crippen molar-refractivity contribution in [2.45, 2.75) is 52.9 Å². The molecule has 110 valence electrons. The van der Waals surface area contributed by atoms with E-state index in [1.54, 1.807) is 0 Å². The third-order valence-corrected chi connectivity index (χ3v) is 4.57. The van der Waals surface area contributed by atoms with Crippen LogP contribution in [0.5, 0.6) is 5.75 Å². The molecular weight excluding hydrogens is 272 g/mol. The fraction of sp³-hybridized carbons (Fsp3) is 0.588. The fourth-order valence-corrected chi connectivity index (χ4v) is 3.30. The average Bonchev–Trinajstić information content (AvgIpc) is 2.45. The maximum absolute atomic E-state index is 12.9. The number of hydrogen-bond donors (Lipinski definition) is 0. The van der Waals surface area contributed by atoms with Crippen molar-refractivity contribution in [1.82, 2.24) is 0 Å². The van der Waals surface area contributed by atoms with E-state index in [2.05, 4.69) is 0 Å². The van der Waals surface area contributed by atoms with Gasteiger partial charge in [-0.1, -0.05) is 30.9 Å².